The van der Waals surface area contributed by atoms with Crippen molar-refractivity contribution in [3.05, 3.63) is 0 Å². The Morgan fingerprint density at radius 2 is 1.10 bits per heavy atom. The molecule has 1 saturated heterocycles. The van der Waals surface area contributed by atoms with Gasteiger partial charge in [0.15, 0.2) is 0 Å². The zero-order chi connectivity index (χ0) is 15.9. The second-order valence-electron chi connectivity index (χ2n) is 10.2. The summed E-state index contributed by atoms with van der Waals surface area (Å²) < 4.78 is 6.56. The highest BCUT2D eigenvalue weighted by molar-refractivity contribution is 5.00. The molecule has 4 atom stereocenters. The largest absolute Gasteiger partial charge is 0.374 e. The monoisotopic (exact) mass is 282 g/mol. The molecule has 120 valence electrons. The fourth-order valence-electron chi connectivity index (χ4n) is 4.18. The molecule has 1 fully saturated rings. The first kappa shape index (κ1) is 18.0. The van der Waals surface area contributed by atoms with Crippen molar-refractivity contribution >= 4 is 0 Å². The second-order valence-corrected chi connectivity index (χ2v) is 10.2. The van der Waals surface area contributed by atoms with Gasteiger partial charge >= 0.3 is 0 Å². The molecule has 0 radical (unpaired) electrons. The smallest absolute Gasteiger partial charge is 0.0621 e. The van der Waals surface area contributed by atoms with Crippen molar-refractivity contribution in [2.75, 3.05) is 0 Å². The maximum atomic E-state index is 6.56. The molecule has 1 heteroatoms. The van der Waals surface area contributed by atoms with Gasteiger partial charge in [-0.3, -0.25) is 0 Å². The van der Waals surface area contributed by atoms with Crippen molar-refractivity contribution in [2.24, 2.45) is 28.1 Å². The molecule has 1 aliphatic rings. The lowest BCUT2D eigenvalue weighted by atomic mass is 9.60. The third-order valence-corrected chi connectivity index (χ3v) is 4.75. The maximum Gasteiger partial charge on any atom is 0.0621 e. The van der Waals surface area contributed by atoms with Crippen LogP contribution >= 0.6 is 0 Å². The minimum atomic E-state index is 0.303. The van der Waals surface area contributed by atoms with E-state index in [-0.39, 0.29) is 0 Å². The van der Waals surface area contributed by atoms with Crippen LogP contribution < -0.4 is 0 Å². The van der Waals surface area contributed by atoms with Crippen LogP contribution in [0.3, 0.4) is 0 Å². The van der Waals surface area contributed by atoms with Crippen molar-refractivity contribution in [1.82, 2.24) is 0 Å². The second kappa shape index (κ2) is 5.63. The van der Waals surface area contributed by atoms with Gasteiger partial charge in [0, 0.05) is 0 Å². The van der Waals surface area contributed by atoms with Crippen LogP contribution in [0.25, 0.3) is 0 Å². The Bertz CT molecular complexity index is 310. The summed E-state index contributed by atoms with van der Waals surface area (Å²) >= 11 is 0. The van der Waals surface area contributed by atoms with E-state index < -0.39 is 0 Å². The Morgan fingerprint density at radius 3 is 1.40 bits per heavy atom. The predicted octanol–water partition coefficient (Wildman–Crippen LogP) is 5.92. The van der Waals surface area contributed by atoms with Gasteiger partial charge in [0.05, 0.1) is 12.2 Å². The molecule has 0 saturated carbocycles. The zero-order valence-corrected chi connectivity index (χ0v) is 15.6. The Hall–Kier alpha value is -0.0400. The van der Waals surface area contributed by atoms with E-state index in [0.717, 1.165) is 12.8 Å². The summed E-state index contributed by atoms with van der Waals surface area (Å²) in [5.74, 6) is 1.30. The van der Waals surface area contributed by atoms with Crippen LogP contribution in [0.1, 0.15) is 82.1 Å². The summed E-state index contributed by atoms with van der Waals surface area (Å²) in [4.78, 5) is 0. The Balaban J connectivity index is 3.14. The molecule has 0 aromatic carbocycles. The normalized spacial score (nSPS) is 32.7. The van der Waals surface area contributed by atoms with Gasteiger partial charge in [0.1, 0.15) is 0 Å². The van der Waals surface area contributed by atoms with E-state index in [1.807, 2.05) is 0 Å². The number of hydrogen-bond donors (Lipinski definition) is 0. The average Bonchev–Trinajstić information content (AvgIpc) is 2.52. The number of rotatable bonds is 2. The summed E-state index contributed by atoms with van der Waals surface area (Å²) in [5, 5.41) is 0. The molecular weight excluding hydrogens is 244 g/mol. The highest BCUT2D eigenvalue weighted by Crippen LogP contribution is 2.53. The molecule has 20 heavy (non-hydrogen) atoms. The number of hydrogen-bond acceptors (Lipinski definition) is 1. The molecular formula is C19H38O. The van der Waals surface area contributed by atoms with Crippen LogP contribution in [0, 0.1) is 28.1 Å². The molecule has 1 nitrogen and oxygen atoms in total. The Kier molecular flexibility index (Phi) is 5.07. The lowest BCUT2D eigenvalue weighted by molar-refractivity contribution is -0.00784. The van der Waals surface area contributed by atoms with Crippen LogP contribution in [-0.2, 0) is 4.74 Å². The Labute approximate surface area is 127 Å². The van der Waals surface area contributed by atoms with Gasteiger partial charge in [0.25, 0.3) is 0 Å². The lowest BCUT2D eigenvalue weighted by Crippen LogP contribution is -2.41. The van der Waals surface area contributed by atoms with Crippen molar-refractivity contribution in [3.8, 4) is 0 Å². The number of ether oxygens (including phenoxy) is 1. The third kappa shape index (κ3) is 4.23. The average molecular weight is 283 g/mol. The van der Waals surface area contributed by atoms with Gasteiger partial charge in [-0.2, -0.15) is 0 Å². The summed E-state index contributed by atoms with van der Waals surface area (Å²) in [6.45, 7) is 23.6. The maximum absolute atomic E-state index is 6.56. The van der Waals surface area contributed by atoms with Crippen LogP contribution in [-0.4, -0.2) is 12.2 Å². The predicted molar refractivity (Wildman–Crippen MR) is 88.9 cm³/mol. The fraction of sp³-hybridized carbons (Fsp3) is 1.00. The van der Waals surface area contributed by atoms with Crippen molar-refractivity contribution in [2.45, 2.75) is 94.3 Å². The molecule has 0 bridgehead atoms. The fourth-order valence-corrected chi connectivity index (χ4v) is 4.18. The molecule has 0 spiro atoms. The highest BCUT2D eigenvalue weighted by atomic mass is 16.5. The topological polar surface area (TPSA) is 9.23 Å². The van der Waals surface area contributed by atoms with E-state index in [2.05, 4.69) is 69.2 Å². The van der Waals surface area contributed by atoms with Gasteiger partial charge in [0.2, 0.25) is 0 Å². The van der Waals surface area contributed by atoms with Gasteiger partial charge in [-0.15, -0.1) is 0 Å². The van der Waals surface area contributed by atoms with Crippen LogP contribution in [0.4, 0.5) is 0 Å². The summed E-state index contributed by atoms with van der Waals surface area (Å²) in [6, 6.07) is 0. The van der Waals surface area contributed by atoms with Crippen LogP contribution in [0.2, 0.25) is 0 Å². The first-order valence-corrected chi connectivity index (χ1v) is 8.43. The molecule has 0 N–H and O–H groups in total. The highest BCUT2D eigenvalue weighted by Gasteiger charge is 2.53. The standard InChI is InChI=1S/C19H38O/c1-11-13-15(18(5,6)7)16(19(8,9)10)14(20-13)12-17(2,3)4/h13-16H,11-12H2,1-10H3. The van der Waals surface area contributed by atoms with E-state index in [4.69, 9.17) is 4.74 Å². The molecule has 1 heterocycles. The molecule has 4 unspecified atom stereocenters. The minimum absolute atomic E-state index is 0.303. The first-order chi connectivity index (χ1) is 8.77. The van der Waals surface area contributed by atoms with E-state index in [1.54, 1.807) is 0 Å². The molecule has 0 aliphatic carbocycles. The van der Waals surface area contributed by atoms with Crippen molar-refractivity contribution in [1.29, 1.82) is 0 Å². The summed E-state index contributed by atoms with van der Waals surface area (Å²) in [6.07, 6.45) is 3.13. The Morgan fingerprint density at radius 1 is 0.700 bits per heavy atom. The van der Waals surface area contributed by atoms with Crippen LogP contribution in [0.15, 0.2) is 0 Å². The van der Waals surface area contributed by atoms with Crippen molar-refractivity contribution < 1.29 is 4.74 Å². The summed E-state index contributed by atoms with van der Waals surface area (Å²) in [5.41, 5.74) is 0.947. The van der Waals surface area contributed by atoms with E-state index in [1.165, 1.54) is 0 Å². The van der Waals surface area contributed by atoms with E-state index >= 15 is 0 Å². The third-order valence-electron chi connectivity index (χ3n) is 4.75. The lowest BCUT2D eigenvalue weighted by Gasteiger charge is -2.42. The summed E-state index contributed by atoms with van der Waals surface area (Å²) in [7, 11) is 0. The first-order valence-electron chi connectivity index (χ1n) is 8.43. The molecule has 0 aromatic rings. The molecule has 1 aliphatic heterocycles. The van der Waals surface area contributed by atoms with Gasteiger partial charge in [-0.1, -0.05) is 69.2 Å². The van der Waals surface area contributed by atoms with Gasteiger partial charge in [-0.25, -0.2) is 0 Å². The van der Waals surface area contributed by atoms with E-state index in [9.17, 15) is 0 Å². The molecule has 0 aromatic heterocycles. The van der Waals surface area contributed by atoms with Crippen molar-refractivity contribution in [3.63, 3.8) is 0 Å². The van der Waals surface area contributed by atoms with Gasteiger partial charge in [-0.05, 0) is 40.9 Å². The van der Waals surface area contributed by atoms with Crippen LogP contribution in [0.5, 0.6) is 0 Å². The van der Waals surface area contributed by atoms with E-state index in [0.29, 0.717) is 40.3 Å². The quantitative estimate of drug-likeness (QED) is 0.610. The zero-order valence-electron chi connectivity index (χ0n) is 15.6. The molecule has 0 amide bonds. The SMILES string of the molecule is CCC1OC(CC(C)(C)C)C(C(C)(C)C)C1C(C)(C)C. The van der Waals surface area contributed by atoms with Gasteiger partial charge < -0.3 is 4.74 Å². The molecule has 1 rings (SSSR count). The minimum Gasteiger partial charge on any atom is -0.374 e.